The SMILES string of the molecule is CC(=O)N[C@H]1CO[C@](O)(C(=O)O)CC1O. The molecule has 1 fully saturated rings. The highest BCUT2D eigenvalue weighted by Gasteiger charge is 2.46. The Morgan fingerprint density at radius 2 is 2.13 bits per heavy atom. The summed E-state index contributed by atoms with van der Waals surface area (Å²) in [6.45, 7) is 1.02. The fourth-order valence-corrected chi connectivity index (χ4v) is 1.37. The van der Waals surface area contributed by atoms with Gasteiger partial charge in [0.25, 0.3) is 5.79 Å². The Labute approximate surface area is 85.7 Å². The molecule has 0 aromatic heterocycles. The van der Waals surface area contributed by atoms with Gasteiger partial charge in [0.1, 0.15) is 0 Å². The Kier molecular flexibility index (Phi) is 3.28. The molecule has 7 nitrogen and oxygen atoms in total. The molecule has 0 bridgehead atoms. The van der Waals surface area contributed by atoms with Crippen LogP contribution < -0.4 is 5.32 Å². The number of amides is 1. The van der Waals surface area contributed by atoms with Crippen LogP contribution in [0.2, 0.25) is 0 Å². The van der Waals surface area contributed by atoms with Crippen molar-refractivity contribution < 1.29 is 29.6 Å². The van der Waals surface area contributed by atoms with E-state index >= 15 is 0 Å². The van der Waals surface area contributed by atoms with E-state index in [1.54, 1.807) is 0 Å². The standard InChI is InChI=1S/C8H13NO6/c1-4(10)9-5-3-15-8(14,7(12)13)2-6(5)11/h5-6,11,14H,2-3H2,1H3,(H,9,10)(H,12,13)/t5-,6?,8-/m0/s1. The molecule has 0 aliphatic carbocycles. The van der Waals surface area contributed by atoms with E-state index in [0.29, 0.717) is 0 Å². The second-order valence-corrected chi connectivity index (χ2v) is 3.48. The van der Waals surface area contributed by atoms with Crippen LogP contribution in [0.4, 0.5) is 0 Å². The van der Waals surface area contributed by atoms with Crippen LogP contribution in [0, 0.1) is 0 Å². The molecule has 1 rings (SSSR count). The molecular weight excluding hydrogens is 206 g/mol. The topological polar surface area (TPSA) is 116 Å². The van der Waals surface area contributed by atoms with E-state index in [4.69, 9.17) is 9.84 Å². The molecule has 0 spiro atoms. The van der Waals surface area contributed by atoms with Crippen LogP contribution in [0.1, 0.15) is 13.3 Å². The van der Waals surface area contributed by atoms with Crippen LogP contribution in [0.25, 0.3) is 0 Å². The van der Waals surface area contributed by atoms with Crippen molar-refractivity contribution in [3.8, 4) is 0 Å². The van der Waals surface area contributed by atoms with E-state index in [-0.39, 0.29) is 12.5 Å². The van der Waals surface area contributed by atoms with E-state index in [0.717, 1.165) is 0 Å². The van der Waals surface area contributed by atoms with Crippen LogP contribution in [0.3, 0.4) is 0 Å². The van der Waals surface area contributed by atoms with Crippen molar-refractivity contribution in [2.24, 2.45) is 0 Å². The minimum absolute atomic E-state index is 0.246. The number of aliphatic hydroxyl groups is 2. The van der Waals surface area contributed by atoms with Crippen molar-refractivity contribution >= 4 is 11.9 Å². The number of carbonyl (C=O) groups is 2. The number of carboxylic acid groups (broad SMARTS) is 1. The van der Waals surface area contributed by atoms with Gasteiger partial charge in [-0.25, -0.2) is 4.79 Å². The summed E-state index contributed by atoms with van der Waals surface area (Å²) in [5, 5.41) is 29.9. The summed E-state index contributed by atoms with van der Waals surface area (Å²) >= 11 is 0. The Balaban J connectivity index is 2.62. The molecule has 1 amide bonds. The van der Waals surface area contributed by atoms with Gasteiger partial charge in [-0.3, -0.25) is 4.79 Å². The molecule has 3 atom stereocenters. The number of hydrogen-bond donors (Lipinski definition) is 4. The lowest BCUT2D eigenvalue weighted by Crippen LogP contribution is -2.58. The summed E-state index contributed by atoms with van der Waals surface area (Å²) < 4.78 is 4.69. The van der Waals surface area contributed by atoms with Crippen LogP contribution >= 0.6 is 0 Å². The van der Waals surface area contributed by atoms with Gasteiger partial charge in [-0.05, 0) is 0 Å². The van der Waals surface area contributed by atoms with Gasteiger partial charge >= 0.3 is 5.97 Å². The molecule has 0 saturated carbocycles. The molecular formula is C8H13NO6. The van der Waals surface area contributed by atoms with Gasteiger partial charge in [-0.1, -0.05) is 0 Å². The maximum atomic E-state index is 10.7. The fourth-order valence-electron chi connectivity index (χ4n) is 1.37. The van der Waals surface area contributed by atoms with Crippen molar-refractivity contribution in [2.45, 2.75) is 31.3 Å². The highest BCUT2D eigenvalue weighted by Crippen LogP contribution is 2.23. The number of carbonyl (C=O) groups excluding carboxylic acids is 1. The Hall–Kier alpha value is -1.18. The third kappa shape index (κ3) is 2.65. The van der Waals surface area contributed by atoms with Crippen molar-refractivity contribution in [3.05, 3.63) is 0 Å². The van der Waals surface area contributed by atoms with Crippen molar-refractivity contribution in [2.75, 3.05) is 6.61 Å². The van der Waals surface area contributed by atoms with Gasteiger partial charge in [0.05, 0.1) is 18.8 Å². The third-order valence-electron chi connectivity index (χ3n) is 2.17. The lowest BCUT2D eigenvalue weighted by atomic mass is 9.99. The van der Waals surface area contributed by atoms with Crippen molar-refractivity contribution in [1.29, 1.82) is 0 Å². The van der Waals surface area contributed by atoms with Crippen LogP contribution in [-0.4, -0.2) is 51.7 Å². The smallest absolute Gasteiger partial charge is 0.364 e. The first-order valence-corrected chi connectivity index (χ1v) is 4.40. The zero-order valence-corrected chi connectivity index (χ0v) is 8.14. The van der Waals surface area contributed by atoms with Gasteiger partial charge in [-0.15, -0.1) is 0 Å². The molecule has 0 aromatic carbocycles. The first kappa shape index (κ1) is 11.9. The molecule has 4 N–H and O–H groups in total. The van der Waals surface area contributed by atoms with E-state index in [2.05, 4.69) is 5.32 Å². The van der Waals surface area contributed by atoms with Crippen LogP contribution in [-0.2, 0) is 14.3 Å². The molecule has 0 aromatic rings. The predicted molar refractivity (Wildman–Crippen MR) is 46.8 cm³/mol. The molecule has 86 valence electrons. The molecule has 1 heterocycles. The van der Waals surface area contributed by atoms with Gasteiger partial charge in [-0.2, -0.15) is 0 Å². The number of hydrogen-bond acceptors (Lipinski definition) is 5. The van der Waals surface area contributed by atoms with Crippen LogP contribution in [0.15, 0.2) is 0 Å². The lowest BCUT2D eigenvalue weighted by molar-refractivity contribution is -0.253. The zero-order chi connectivity index (χ0) is 11.6. The number of ether oxygens (including phenoxy) is 1. The predicted octanol–water partition coefficient (Wildman–Crippen LogP) is -1.95. The normalized spacial score (nSPS) is 35.9. The van der Waals surface area contributed by atoms with Crippen molar-refractivity contribution in [3.63, 3.8) is 0 Å². The molecule has 7 heteroatoms. The van der Waals surface area contributed by atoms with E-state index in [9.17, 15) is 19.8 Å². The Morgan fingerprint density at radius 1 is 1.53 bits per heavy atom. The average molecular weight is 219 g/mol. The quantitative estimate of drug-likeness (QED) is 0.429. The van der Waals surface area contributed by atoms with E-state index in [1.165, 1.54) is 6.92 Å². The number of aliphatic hydroxyl groups excluding tert-OH is 1. The molecule has 15 heavy (non-hydrogen) atoms. The monoisotopic (exact) mass is 219 g/mol. The number of aliphatic carboxylic acids is 1. The first-order valence-electron chi connectivity index (χ1n) is 4.40. The lowest BCUT2D eigenvalue weighted by Gasteiger charge is -2.36. The molecule has 1 saturated heterocycles. The number of rotatable bonds is 2. The Bertz CT molecular complexity index is 280. The van der Waals surface area contributed by atoms with Gasteiger partial charge in [0.2, 0.25) is 5.91 Å². The van der Waals surface area contributed by atoms with Crippen molar-refractivity contribution in [1.82, 2.24) is 5.32 Å². The number of carboxylic acids is 1. The maximum Gasteiger partial charge on any atom is 0.364 e. The fraction of sp³-hybridized carbons (Fsp3) is 0.750. The summed E-state index contributed by atoms with van der Waals surface area (Å²) in [6, 6.07) is -0.692. The van der Waals surface area contributed by atoms with Gasteiger partial charge < -0.3 is 25.4 Å². The zero-order valence-electron chi connectivity index (χ0n) is 8.14. The summed E-state index contributed by atoms with van der Waals surface area (Å²) in [6.07, 6.45) is -1.63. The largest absolute Gasteiger partial charge is 0.477 e. The average Bonchev–Trinajstić information content (AvgIpc) is 2.09. The number of nitrogens with one attached hydrogen (secondary N) is 1. The summed E-state index contributed by atoms with van der Waals surface area (Å²) in [5.41, 5.74) is 0. The minimum atomic E-state index is -2.37. The first-order chi connectivity index (χ1) is 6.85. The molecule has 1 unspecified atom stereocenters. The maximum absolute atomic E-state index is 10.7. The second kappa shape index (κ2) is 4.13. The summed E-state index contributed by atoms with van der Waals surface area (Å²) in [7, 11) is 0. The van der Waals surface area contributed by atoms with Gasteiger partial charge in [0, 0.05) is 13.3 Å². The minimum Gasteiger partial charge on any atom is -0.477 e. The third-order valence-corrected chi connectivity index (χ3v) is 2.17. The highest BCUT2D eigenvalue weighted by molar-refractivity contribution is 5.76. The van der Waals surface area contributed by atoms with Gasteiger partial charge in [0.15, 0.2) is 0 Å². The molecule has 0 radical (unpaired) electrons. The molecule has 1 aliphatic rings. The highest BCUT2D eigenvalue weighted by atomic mass is 16.6. The Morgan fingerprint density at radius 3 is 2.53 bits per heavy atom. The molecule has 1 aliphatic heterocycles. The van der Waals surface area contributed by atoms with E-state index < -0.39 is 30.3 Å². The summed E-state index contributed by atoms with van der Waals surface area (Å²) in [5.74, 6) is -4.28. The van der Waals surface area contributed by atoms with Crippen LogP contribution in [0.5, 0.6) is 0 Å². The summed E-state index contributed by atoms with van der Waals surface area (Å²) in [4.78, 5) is 21.3. The second-order valence-electron chi connectivity index (χ2n) is 3.48. The van der Waals surface area contributed by atoms with E-state index in [1.807, 2.05) is 0 Å².